The van der Waals surface area contributed by atoms with Gasteiger partial charge in [-0.15, -0.1) is 0 Å². The molecule has 1 unspecified atom stereocenters. The highest BCUT2D eigenvalue weighted by Crippen LogP contribution is 2.29. The molecule has 1 atom stereocenters. The largest absolute Gasteiger partial charge is 0.339 e. The van der Waals surface area contributed by atoms with Gasteiger partial charge in [-0.1, -0.05) is 30.6 Å². The van der Waals surface area contributed by atoms with E-state index in [1.807, 2.05) is 13.8 Å². The molecule has 0 radical (unpaired) electrons. The predicted molar refractivity (Wildman–Crippen MR) is 79.4 cm³/mol. The summed E-state index contributed by atoms with van der Waals surface area (Å²) in [5.74, 6) is 0.892. The first-order valence-corrected chi connectivity index (χ1v) is 7.28. The summed E-state index contributed by atoms with van der Waals surface area (Å²) in [7, 11) is 0. The molecule has 4 nitrogen and oxygen atoms in total. The van der Waals surface area contributed by atoms with Crippen LogP contribution in [0.2, 0.25) is 0 Å². The minimum atomic E-state index is -0.440. The van der Waals surface area contributed by atoms with Crippen LogP contribution >= 0.6 is 0 Å². The Morgan fingerprint density at radius 1 is 1.29 bits per heavy atom. The molecule has 0 spiro atoms. The minimum absolute atomic E-state index is 0.0391. The molecule has 5 heteroatoms. The first kappa shape index (κ1) is 15.6. The Hall–Kier alpha value is -1.75. The molecule has 1 aromatic carbocycles. The van der Waals surface area contributed by atoms with Crippen molar-refractivity contribution in [1.29, 1.82) is 0 Å². The predicted octanol–water partition coefficient (Wildman–Crippen LogP) is 3.20. The van der Waals surface area contributed by atoms with Gasteiger partial charge in [-0.3, -0.25) is 0 Å². The van der Waals surface area contributed by atoms with Crippen molar-refractivity contribution < 1.29 is 8.91 Å². The van der Waals surface area contributed by atoms with E-state index in [-0.39, 0.29) is 11.9 Å². The fraction of sp³-hybridized carbons (Fsp3) is 0.500. The summed E-state index contributed by atoms with van der Waals surface area (Å²) in [4.78, 5) is 4.45. The van der Waals surface area contributed by atoms with Crippen LogP contribution in [-0.2, 0) is 11.8 Å². The van der Waals surface area contributed by atoms with Crippen molar-refractivity contribution in [2.45, 2.75) is 51.5 Å². The number of aromatic nitrogens is 2. The summed E-state index contributed by atoms with van der Waals surface area (Å²) in [6.45, 7) is 6.07. The monoisotopic (exact) mass is 291 g/mol. The van der Waals surface area contributed by atoms with Crippen molar-refractivity contribution in [3.8, 4) is 0 Å². The zero-order chi connectivity index (χ0) is 15.5. The van der Waals surface area contributed by atoms with Crippen molar-refractivity contribution >= 4 is 0 Å². The van der Waals surface area contributed by atoms with Gasteiger partial charge in [-0.05, 0) is 38.0 Å². The highest BCUT2D eigenvalue weighted by Gasteiger charge is 2.29. The lowest BCUT2D eigenvalue weighted by Crippen LogP contribution is -2.23. The molecule has 0 saturated heterocycles. The number of nitrogens with zero attached hydrogens (tertiary/aromatic N) is 2. The number of halogens is 1. The van der Waals surface area contributed by atoms with E-state index >= 15 is 0 Å². The first-order chi connectivity index (χ1) is 9.93. The van der Waals surface area contributed by atoms with E-state index in [9.17, 15) is 4.39 Å². The number of hydrogen-bond donors (Lipinski definition) is 1. The van der Waals surface area contributed by atoms with Gasteiger partial charge < -0.3 is 10.3 Å². The number of nitrogens with two attached hydrogens (primary N) is 1. The van der Waals surface area contributed by atoms with Gasteiger partial charge in [-0.25, -0.2) is 4.39 Å². The quantitative estimate of drug-likeness (QED) is 0.887. The Morgan fingerprint density at radius 2 is 1.95 bits per heavy atom. The summed E-state index contributed by atoms with van der Waals surface area (Å²) >= 11 is 0. The molecule has 1 aromatic heterocycles. The van der Waals surface area contributed by atoms with Gasteiger partial charge in [0.15, 0.2) is 5.82 Å². The van der Waals surface area contributed by atoms with Gasteiger partial charge in [0.05, 0.1) is 5.41 Å². The van der Waals surface area contributed by atoms with Crippen LogP contribution in [0.1, 0.15) is 50.9 Å². The SMILES string of the molecule is CCCC(N)Cc1nc(C(C)(C)c2ccc(F)cc2)no1. The Kier molecular flexibility index (Phi) is 4.73. The Labute approximate surface area is 124 Å². The fourth-order valence-corrected chi connectivity index (χ4v) is 2.28. The Balaban J connectivity index is 2.17. The minimum Gasteiger partial charge on any atom is -0.339 e. The molecule has 2 aromatic rings. The average molecular weight is 291 g/mol. The third kappa shape index (κ3) is 3.67. The molecule has 2 N–H and O–H groups in total. The molecule has 114 valence electrons. The maximum atomic E-state index is 13.0. The van der Waals surface area contributed by atoms with Gasteiger partial charge in [-0.2, -0.15) is 4.98 Å². The molecular weight excluding hydrogens is 269 g/mol. The lowest BCUT2D eigenvalue weighted by Gasteiger charge is -2.20. The topological polar surface area (TPSA) is 64.9 Å². The van der Waals surface area contributed by atoms with Crippen LogP contribution in [0.25, 0.3) is 0 Å². The second kappa shape index (κ2) is 6.35. The lowest BCUT2D eigenvalue weighted by molar-refractivity contribution is 0.355. The first-order valence-electron chi connectivity index (χ1n) is 7.28. The zero-order valence-electron chi connectivity index (χ0n) is 12.8. The lowest BCUT2D eigenvalue weighted by atomic mass is 9.84. The fourth-order valence-electron chi connectivity index (χ4n) is 2.28. The van der Waals surface area contributed by atoms with E-state index in [4.69, 9.17) is 10.3 Å². The van der Waals surface area contributed by atoms with Crippen molar-refractivity contribution in [3.05, 3.63) is 47.4 Å². The van der Waals surface area contributed by atoms with Crippen LogP contribution in [-0.4, -0.2) is 16.2 Å². The van der Waals surface area contributed by atoms with Crippen molar-refractivity contribution in [1.82, 2.24) is 10.1 Å². The molecule has 0 saturated carbocycles. The summed E-state index contributed by atoms with van der Waals surface area (Å²) in [5, 5.41) is 4.06. The molecule has 0 fully saturated rings. The molecule has 0 amide bonds. The highest BCUT2D eigenvalue weighted by atomic mass is 19.1. The third-order valence-electron chi connectivity index (χ3n) is 3.69. The maximum Gasteiger partial charge on any atom is 0.228 e. The smallest absolute Gasteiger partial charge is 0.228 e. The second-order valence-electron chi connectivity index (χ2n) is 5.90. The molecule has 0 aliphatic carbocycles. The molecular formula is C16H22FN3O. The van der Waals surface area contributed by atoms with Crippen LogP contribution < -0.4 is 5.73 Å². The maximum absolute atomic E-state index is 13.0. The molecule has 2 rings (SSSR count). The third-order valence-corrected chi connectivity index (χ3v) is 3.69. The van der Waals surface area contributed by atoms with Crippen molar-refractivity contribution in [3.63, 3.8) is 0 Å². The van der Waals surface area contributed by atoms with E-state index in [0.717, 1.165) is 18.4 Å². The Bertz CT molecular complexity index is 577. The normalized spacial score (nSPS) is 13.4. The molecule has 21 heavy (non-hydrogen) atoms. The summed E-state index contributed by atoms with van der Waals surface area (Å²) in [5.41, 5.74) is 6.49. The van der Waals surface area contributed by atoms with Crippen molar-refractivity contribution in [2.24, 2.45) is 5.73 Å². The summed E-state index contributed by atoms with van der Waals surface area (Å²) in [6, 6.07) is 6.41. The standard InChI is InChI=1S/C16H22FN3O/c1-4-5-13(18)10-14-19-15(20-21-14)16(2,3)11-6-8-12(17)9-7-11/h6-9,13H,4-5,10,18H2,1-3H3. The molecule has 0 aliphatic heterocycles. The van der Waals surface area contributed by atoms with E-state index in [1.54, 1.807) is 12.1 Å². The van der Waals surface area contributed by atoms with E-state index in [0.29, 0.717) is 18.1 Å². The van der Waals surface area contributed by atoms with Crippen LogP contribution in [0, 0.1) is 5.82 Å². The van der Waals surface area contributed by atoms with Crippen molar-refractivity contribution in [2.75, 3.05) is 0 Å². The number of benzene rings is 1. The van der Waals surface area contributed by atoms with Gasteiger partial charge in [0.2, 0.25) is 5.89 Å². The Morgan fingerprint density at radius 3 is 2.57 bits per heavy atom. The van der Waals surface area contributed by atoms with E-state index in [2.05, 4.69) is 17.1 Å². The van der Waals surface area contributed by atoms with Gasteiger partial charge >= 0.3 is 0 Å². The molecule has 1 heterocycles. The number of rotatable bonds is 6. The van der Waals surface area contributed by atoms with Crippen LogP contribution in [0.5, 0.6) is 0 Å². The van der Waals surface area contributed by atoms with Crippen LogP contribution in [0.3, 0.4) is 0 Å². The summed E-state index contributed by atoms with van der Waals surface area (Å²) in [6.07, 6.45) is 2.54. The zero-order valence-corrected chi connectivity index (χ0v) is 12.8. The molecule has 0 bridgehead atoms. The summed E-state index contributed by atoms with van der Waals surface area (Å²) < 4.78 is 18.3. The average Bonchev–Trinajstić information content (AvgIpc) is 2.88. The van der Waals surface area contributed by atoms with E-state index in [1.165, 1.54) is 12.1 Å². The number of hydrogen-bond acceptors (Lipinski definition) is 4. The van der Waals surface area contributed by atoms with Crippen LogP contribution in [0.15, 0.2) is 28.8 Å². The highest BCUT2D eigenvalue weighted by molar-refractivity contribution is 5.30. The van der Waals surface area contributed by atoms with Gasteiger partial charge in [0, 0.05) is 12.5 Å². The second-order valence-corrected chi connectivity index (χ2v) is 5.90. The van der Waals surface area contributed by atoms with Gasteiger partial charge in [0.25, 0.3) is 0 Å². The van der Waals surface area contributed by atoms with Crippen LogP contribution in [0.4, 0.5) is 4.39 Å². The van der Waals surface area contributed by atoms with E-state index < -0.39 is 5.41 Å². The van der Waals surface area contributed by atoms with Gasteiger partial charge in [0.1, 0.15) is 5.82 Å². The molecule has 0 aliphatic rings.